The van der Waals surface area contributed by atoms with Gasteiger partial charge in [0.15, 0.2) is 0 Å². The second-order valence-corrected chi connectivity index (χ2v) is 9.18. The van der Waals surface area contributed by atoms with E-state index < -0.39 is 0 Å². The maximum absolute atomic E-state index is 14.7. The number of nitrogens with one attached hydrogen (secondary N) is 3. The zero-order valence-electron chi connectivity index (χ0n) is 19.4. The number of halogens is 1. The molecule has 0 radical (unpaired) electrons. The number of fused-ring (bicyclic) bond motifs is 1. The molecule has 1 saturated heterocycles. The molecule has 1 aromatic heterocycles. The first kappa shape index (κ1) is 22.1. The lowest BCUT2D eigenvalue weighted by atomic mass is 9.94. The Morgan fingerprint density at radius 1 is 1.06 bits per heavy atom. The third kappa shape index (κ3) is 3.92. The van der Waals surface area contributed by atoms with Crippen LogP contribution in [0.3, 0.4) is 0 Å². The lowest BCUT2D eigenvalue weighted by molar-refractivity contribution is -0.110. The van der Waals surface area contributed by atoms with Crippen LogP contribution in [0.1, 0.15) is 41.2 Å². The molecule has 7 heteroatoms. The van der Waals surface area contributed by atoms with E-state index in [4.69, 9.17) is 0 Å². The van der Waals surface area contributed by atoms with Gasteiger partial charge in [0.05, 0.1) is 16.8 Å². The molecule has 3 heterocycles. The van der Waals surface area contributed by atoms with E-state index in [0.29, 0.717) is 52.3 Å². The number of benzene rings is 2. The van der Waals surface area contributed by atoms with Crippen molar-refractivity contribution in [3.63, 3.8) is 0 Å². The molecule has 5 rings (SSSR count). The van der Waals surface area contributed by atoms with Crippen LogP contribution < -0.4 is 10.6 Å². The number of H-pyrrole nitrogens is 1. The van der Waals surface area contributed by atoms with Gasteiger partial charge in [0.1, 0.15) is 5.82 Å². The Morgan fingerprint density at radius 3 is 2.50 bits per heavy atom. The van der Waals surface area contributed by atoms with Crippen molar-refractivity contribution >= 4 is 29.2 Å². The van der Waals surface area contributed by atoms with Crippen LogP contribution in [0.4, 0.5) is 10.1 Å². The summed E-state index contributed by atoms with van der Waals surface area (Å²) >= 11 is 0. The third-order valence-corrected chi connectivity index (χ3v) is 6.34. The van der Waals surface area contributed by atoms with Crippen molar-refractivity contribution in [2.75, 3.05) is 18.4 Å². The van der Waals surface area contributed by atoms with E-state index >= 15 is 0 Å². The number of nitrogens with zero attached hydrogens (tertiary/aromatic N) is 1. The highest BCUT2D eigenvalue weighted by Crippen LogP contribution is 2.41. The number of anilines is 1. The van der Waals surface area contributed by atoms with Gasteiger partial charge in [0.2, 0.25) is 0 Å². The van der Waals surface area contributed by atoms with E-state index in [2.05, 4.69) is 29.5 Å². The van der Waals surface area contributed by atoms with Gasteiger partial charge in [-0.2, -0.15) is 0 Å². The van der Waals surface area contributed by atoms with Crippen LogP contribution in [0.5, 0.6) is 0 Å². The summed E-state index contributed by atoms with van der Waals surface area (Å²) in [7, 11) is 0. The summed E-state index contributed by atoms with van der Waals surface area (Å²) in [4.78, 5) is 31.5. The predicted molar refractivity (Wildman–Crippen MR) is 132 cm³/mol. The topological polar surface area (TPSA) is 77.2 Å². The van der Waals surface area contributed by atoms with Crippen molar-refractivity contribution in [3.05, 3.63) is 76.9 Å². The average Bonchev–Trinajstić information content (AvgIpc) is 3.32. The zero-order chi connectivity index (χ0) is 24.0. The molecule has 0 unspecified atom stereocenters. The lowest BCUT2D eigenvalue weighted by Crippen LogP contribution is -2.55. The van der Waals surface area contributed by atoms with E-state index in [1.54, 1.807) is 42.5 Å². The molecule has 6 nitrogen and oxygen atoms in total. The minimum atomic E-state index is -0.358. The average molecular weight is 459 g/mol. The van der Waals surface area contributed by atoms with Gasteiger partial charge in [-0.3, -0.25) is 9.59 Å². The van der Waals surface area contributed by atoms with Crippen LogP contribution in [0.25, 0.3) is 22.8 Å². The first-order valence-electron chi connectivity index (χ1n) is 11.5. The molecule has 2 atom stereocenters. The molecule has 3 N–H and O–H groups in total. The summed E-state index contributed by atoms with van der Waals surface area (Å²) in [5.74, 6) is -0.714. The maximum atomic E-state index is 14.7. The lowest BCUT2D eigenvalue weighted by Gasteiger charge is -2.36. The highest BCUT2D eigenvalue weighted by atomic mass is 19.1. The molecule has 34 heavy (non-hydrogen) atoms. The summed E-state index contributed by atoms with van der Waals surface area (Å²) < 4.78 is 14.7. The van der Waals surface area contributed by atoms with Crippen LogP contribution in [0, 0.1) is 12.7 Å². The molecule has 0 spiro atoms. The second-order valence-electron chi connectivity index (χ2n) is 9.18. The minimum Gasteiger partial charge on any atom is -0.358 e. The molecule has 174 valence electrons. The molecule has 2 aromatic carbocycles. The molecule has 0 saturated carbocycles. The van der Waals surface area contributed by atoms with Crippen molar-refractivity contribution in [2.45, 2.75) is 32.9 Å². The van der Waals surface area contributed by atoms with E-state index in [0.717, 1.165) is 5.69 Å². The molecular weight excluding hydrogens is 431 g/mol. The number of hydrogen-bond donors (Lipinski definition) is 3. The predicted octanol–water partition coefficient (Wildman–Crippen LogP) is 4.44. The molecule has 3 aromatic rings. The van der Waals surface area contributed by atoms with Crippen molar-refractivity contribution in [1.82, 2.24) is 15.2 Å². The van der Waals surface area contributed by atoms with Crippen LogP contribution in [-0.2, 0) is 4.79 Å². The zero-order valence-corrected chi connectivity index (χ0v) is 19.4. The fourth-order valence-electron chi connectivity index (χ4n) is 5.00. The van der Waals surface area contributed by atoms with E-state index in [9.17, 15) is 14.0 Å². The molecule has 2 amide bonds. The van der Waals surface area contributed by atoms with Gasteiger partial charge in [-0.25, -0.2) is 4.39 Å². The summed E-state index contributed by atoms with van der Waals surface area (Å²) in [6.07, 6.45) is 1.71. The normalized spacial score (nSPS) is 21.0. The molecule has 0 bridgehead atoms. The fraction of sp³-hybridized carbons (Fsp3) is 0.259. The van der Waals surface area contributed by atoms with Crippen molar-refractivity contribution in [3.8, 4) is 11.1 Å². The Bertz CT molecular complexity index is 1320. The van der Waals surface area contributed by atoms with Crippen LogP contribution >= 0.6 is 0 Å². The summed E-state index contributed by atoms with van der Waals surface area (Å²) in [5, 5.41) is 6.32. The Balaban J connectivity index is 1.59. The Kier molecular flexibility index (Phi) is 5.57. The van der Waals surface area contributed by atoms with Gasteiger partial charge in [-0.1, -0.05) is 30.3 Å². The second kappa shape index (κ2) is 8.57. The van der Waals surface area contributed by atoms with Gasteiger partial charge in [0, 0.05) is 47.7 Å². The smallest absolute Gasteiger partial charge is 0.256 e. The van der Waals surface area contributed by atoms with Gasteiger partial charge in [-0.15, -0.1) is 0 Å². The highest BCUT2D eigenvalue weighted by Gasteiger charge is 2.31. The number of aryl methyl sites for hydroxylation is 1. The number of piperazine rings is 1. The molecular formula is C27H27FN4O2. The number of carbonyl (C=O) groups excluding carboxylic acids is 2. The number of carbonyl (C=O) groups is 2. The standard InChI is InChI=1S/C27H27FN4O2/c1-15-11-20(27(34)32-13-16(2)29-17(3)14-32)24(30-15)12-21-25-19(18-7-4-5-9-22(18)28)8-6-10-23(25)31-26(21)33/h4-12,16-17,29-30H,13-14H2,1-3H3,(H,31,33)/b21-12-/t16-,17+. The van der Waals surface area contributed by atoms with E-state index in [1.165, 1.54) is 6.07 Å². The molecule has 2 aliphatic rings. The number of amides is 2. The van der Waals surface area contributed by atoms with Crippen LogP contribution in [-0.4, -0.2) is 46.9 Å². The minimum absolute atomic E-state index is 0.0718. The van der Waals surface area contributed by atoms with Crippen LogP contribution in [0.15, 0.2) is 48.5 Å². The SMILES string of the molecule is Cc1cc(C(=O)N2C[C@@H](C)N[C@@H](C)C2)c(/C=C2\C(=O)Nc3cccc(-c4ccccc4F)c32)[nH]1. The fourth-order valence-corrected chi connectivity index (χ4v) is 5.00. The molecule has 0 aliphatic carbocycles. The molecule has 2 aliphatic heterocycles. The number of aromatic nitrogens is 1. The van der Waals surface area contributed by atoms with Crippen molar-refractivity contribution in [1.29, 1.82) is 0 Å². The maximum Gasteiger partial charge on any atom is 0.256 e. The van der Waals surface area contributed by atoms with Crippen LogP contribution in [0.2, 0.25) is 0 Å². The number of hydrogen-bond acceptors (Lipinski definition) is 3. The summed E-state index contributed by atoms with van der Waals surface area (Å²) in [6.45, 7) is 7.24. The van der Waals surface area contributed by atoms with Gasteiger partial charge < -0.3 is 20.5 Å². The number of aromatic amines is 1. The van der Waals surface area contributed by atoms with Gasteiger partial charge >= 0.3 is 0 Å². The first-order chi connectivity index (χ1) is 16.3. The quantitative estimate of drug-likeness (QED) is 0.508. The highest BCUT2D eigenvalue weighted by molar-refractivity contribution is 6.36. The summed E-state index contributed by atoms with van der Waals surface area (Å²) in [6, 6.07) is 14.1. The van der Waals surface area contributed by atoms with Gasteiger partial charge in [0.25, 0.3) is 11.8 Å². The van der Waals surface area contributed by atoms with Crippen molar-refractivity contribution in [2.24, 2.45) is 0 Å². The third-order valence-electron chi connectivity index (χ3n) is 6.34. The largest absolute Gasteiger partial charge is 0.358 e. The van der Waals surface area contributed by atoms with E-state index in [1.807, 2.05) is 17.9 Å². The summed E-state index contributed by atoms with van der Waals surface area (Å²) in [5.41, 5.74) is 4.62. The number of rotatable bonds is 3. The first-order valence-corrected chi connectivity index (χ1v) is 11.5. The van der Waals surface area contributed by atoms with E-state index in [-0.39, 0.29) is 29.7 Å². The van der Waals surface area contributed by atoms with Gasteiger partial charge in [-0.05, 0) is 50.6 Å². The molecule has 1 fully saturated rings. The Labute approximate surface area is 197 Å². The Morgan fingerprint density at radius 2 is 1.76 bits per heavy atom. The Hall–Kier alpha value is -3.71. The monoisotopic (exact) mass is 458 g/mol. The van der Waals surface area contributed by atoms with Crippen molar-refractivity contribution < 1.29 is 14.0 Å².